The molecule has 4 amide bonds. The predicted octanol–water partition coefficient (Wildman–Crippen LogP) is 2.18. The SMILES string of the molecule is CCC1CCC2(CC1)NC(=O)N(CC(=O)OCC(=O)NCc1ccc(C)c(F)c1)C2=O. The third-order valence-electron chi connectivity index (χ3n) is 6.16. The van der Waals surface area contributed by atoms with Crippen LogP contribution in [0.1, 0.15) is 50.2 Å². The number of hydrogen-bond acceptors (Lipinski definition) is 5. The van der Waals surface area contributed by atoms with Crippen LogP contribution in [0, 0.1) is 18.7 Å². The van der Waals surface area contributed by atoms with Crippen LogP contribution in [0.15, 0.2) is 18.2 Å². The lowest BCUT2D eigenvalue weighted by atomic mass is 9.75. The van der Waals surface area contributed by atoms with E-state index in [9.17, 15) is 23.6 Å². The molecule has 1 aliphatic heterocycles. The van der Waals surface area contributed by atoms with Gasteiger partial charge in [-0.1, -0.05) is 25.5 Å². The van der Waals surface area contributed by atoms with Crippen molar-refractivity contribution in [2.45, 2.75) is 58.0 Å². The van der Waals surface area contributed by atoms with Gasteiger partial charge in [-0.05, 0) is 55.7 Å². The lowest BCUT2D eigenvalue weighted by Gasteiger charge is -2.34. The standard InChI is InChI=1S/C22H28FN3O5/c1-3-15-6-8-22(9-7-15)20(29)26(21(30)25-22)12-19(28)31-13-18(27)24-11-16-5-4-14(2)17(23)10-16/h4-5,10,15H,3,6-9,11-13H2,1-2H3,(H,24,27)(H,25,30). The summed E-state index contributed by atoms with van der Waals surface area (Å²) >= 11 is 0. The monoisotopic (exact) mass is 433 g/mol. The fourth-order valence-corrected chi connectivity index (χ4v) is 4.06. The first-order valence-electron chi connectivity index (χ1n) is 10.6. The third-order valence-corrected chi connectivity index (χ3v) is 6.16. The van der Waals surface area contributed by atoms with Crippen LogP contribution in [0.4, 0.5) is 9.18 Å². The number of esters is 1. The number of benzene rings is 1. The highest BCUT2D eigenvalue weighted by molar-refractivity contribution is 6.08. The maximum Gasteiger partial charge on any atom is 0.326 e. The van der Waals surface area contributed by atoms with E-state index in [-0.39, 0.29) is 12.4 Å². The number of aryl methyl sites for hydroxylation is 1. The van der Waals surface area contributed by atoms with Gasteiger partial charge in [-0.3, -0.25) is 19.3 Å². The molecule has 0 unspecified atom stereocenters. The first-order chi connectivity index (χ1) is 14.7. The molecule has 9 heteroatoms. The minimum absolute atomic E-state index is 0.0852. The molecule has 0 atom stereocenters. The van der Waals surface area contributed by atoms with Crippen LogP contribution in [0.25, 0.3) is 0 Å². The Morgan fingerprint density at radius 2 is 2.00 bits per heavy atom. The zero-order valence-electron chi connectivity index (χ0n) is 17.8. The van der Waals surface area contributed by atoms with Gasteiger partial charge < -0.3 is 15.4 Å². The van der Waals surface area contributed by atoms with Crippen LogP contribution >= 0.6 is 0 Å². The minimum atomic E-state index is -0.927. The number of nitrogens with zero attached hydrogens (tertiary/aromatic N) is 1. The smallest absolute Gasteiger partial charge is 0.326 e. The molecule has 168 valence electrons. The van der Waals surface area contributed by atoms with E-state index in [1.165, 1.54) is 6.07 Å². The van der Waals surface area contributed by atoms with E-state index in [4.69, 9.17) is 4.74 Å². The molecule has 0 aromatic heterocycles. The number of hydrogen-bond donors (Lipinski definition) is 2. The maximum absolute atomic E-state index is 13.5. The van der Waals surface area contributed by atoms with Crippen LogP contribution in [-0.2, 0) is 25.7 Å². The van der Waals surface area contributed by atoms with Crippen LogP contribution in [0.2, 0.25) is 0 Å². The first kappa shape index (κ1) is 22.7. The van der Waals surface area contributed by atoms with Crippen molar-refractivity contribution in [1.29, 1.82) is 0 Å². The van der Waals surface area contributed by atoms with Gasteiger partial charge in [0.2, 0.25) is 0 Å². The number of rotatable bonds is 7. The second-order valence-corrected chi connectivity index (χ2v) is 8.28. The Labute approximate surface area is 180 Å². The van der Waals surface area contributed by atoms with E-state index in [1.54, 1.807) is 19.1 Å². The summed E-state index contributed by atoms with van der Waals surface area (Å²) in [5, 5.41) is 5.28. The number of urea groups is 1. The molecular formula is C22H28FN3O5. The summed E-state index contributed by atoms with van der Waals surface area (Å²) in [5.41, 5.74) is 0.152. The molecular weight excluding hydrogens is 405 g/mol. The van der Waals surface area contributed by atoms with Crippen LogP contribution in [0.5, 0.6) is 0 Å². The molecule has 0 radical (unpaired) electrons. The summed E-state index contributed by atoms with van der Waals surface area (Å²) in [7, 11) is 0. The Morgan fingerprint density at radius 3 is 2.65 bits per heavy atom. The van der Waals surface area contributed by atoms with E-state index in [0.717, 1.165) is 24.2 Å². The van der Waals surface area contributed by atoms with E-state index in [2.05, 4.69) is 17.6 Å². The van der Waals surface area contributed by atoms with E-state index in [0.29, 0.717) is 29.9 Å². The largest absolute Gasteiger partial charge is 0.454 e. The highest BCUT2D eigenvalue weighted by Crippen LogP contribution is 2.37. The fraction of sp³-hybridized carbons (Fsp3) is 0.545. The quantitative estimate of drug-likeness (QED) is 0.507. The average Bonchev–Trinajstić information content (AvgIpc) is 2.97. The summed E-state index contributed by atoms with van der Waals surface area (Å²) in [6.45, 7) is 2.73. The normalized spacial score (nSPS) is 23.1. The lowest BCUT2D eigenvalue weighted by Crippen LogP contribution is -2.49. The fourth-order valence-electron chi connectivity index (χ4n) is 4.06. The van der Waals surface area contributed by atoms with Gasteiger partial charge in [0.05, 0.1) is 0 Å². The average molecular weight is 433 g/mol. The molecule has 2 fully saturated rings. The zero-order chi connectivity index (χ0) is 22.6. The molecule has 31 heavy (non-hydrogen) atoms. The van der Waals surface area contributed by atoms with Crippen molar-refractivity contribution < 1.29 is 28.3 Å². The molecule has 1 aromatic rings. The summed E-state index contributed by atoms with van der Waals surface area (Å²) in [4.78, 5) is 49.9. The molecule has 1 aliphatic carbocycles. The maximum atomic E-state index is 13.5. The zero-order valence-corrected chi connectivity index (χ0v) is 17.8. The van der Waals surface area contributed by atoms with Crippen LogP contribution in [-0.4, -0.2) is 47.4 Å². The lowest BCUT2D eigenvalue weighted by molar-refractivity contribution is -0.151. The molecule has 1 heterocycles. The molecule has 1 saturated carbocycles. The van der Waals surface area contributed by atoms with Gasteiger partial charge in [0, 0.05) is 6.54 Å². The molecule has 0 bridgehead atoms. The molecule has 3 rings (SSSR count). The molecule has 1 aromatic carbocycles. The summed E-state index contributed by atoms with van der Waals surface area (Å²) in [6, 6.07) is 4.01. The number of amides is 4. The number of nitrogens with one attached hydrogen (secondary N) is 2. The molecule has 8 nitrogen and oxygen atoms in total. The highest BCUT2D eigenvalue weighted by Gasteiger charge is 2.52. The summed E-state index contributed by atoms with van der Waals surface area (Å²) < 4.78 is 18.4. The minimum Gasteiger partial charge on any atom is -0.454 e. The number of carbonyl (C=O) groups excluding carboxylic acids is 4. The highest BCUT2D eigenvalue weighted by atomic mass is 19.1. The number of ether oxygens (including phenoxy) is 1. The van der Waals surface area contributed by atoms with E-state index >= 15 is 0 Å². The first-order valence-corrected chi connectivity index (χ1v) is 10.6. The second kappa shape index (κ2) is 9.45. The topological polar surface area (TPSA) is 105 Å². The van der Waals surface area contributed by atoms with Crippen molar-refractivity contribution in [3.63, 3.8) is 0 Å². The predicted molar refractivity (Wildman–Crippen MR) is 109 cm³/mol. The van der Waals surface area contributed by atoms with Crippen molar-refractivity contribution in [3.05, 3.63) is 35.1 Å². The van der Waals surface area contributed by atoms with Crippen molar-refractivity contribution in [2.75, 3.05) is 13.2 Å². The van der Waals surface area contributed by atoms with Gasteiger partial charge in [0.15, 0.2) is 6.61 Å². The van der Waals surface area contributed by atoms with Gasteiger partial charge in [-0.15, -0.1) is 0 Å². The molecule has 1 spiro atoms. The number of halogens is 1. The molecule has 1 saturated heterocycles. The molecule has 2 aliphatic rings. The van der Waals surface area contributed by atoms with E-state index in [1.807, 2.05) is 0 Å². The van der Waals surface area contributed by atoms with Gasteiger partial charge in [0.1, 0.15) is 17.9 Å². The van der Waals surface area contributed by atoms with Crippen molar-refractivity contribution in [2.24, 2.45) is 5.92 Å². The van der Waals surface area contributed by atoms with Crippen molar-refractivity contribution in [1.82, 2.24) is 15.5 Å². The second-order valence-electron chi connectivity index (χ2n) is 8.28. The van der Waals surface area contributed by atoms with Gasteiger partial charge in [-0.25, -0.2) is 9.18 Å². The summed E-state index contributed by atoms with van der Waals surface area (Å²) in [6.07, 6.45) is 3.86. The van der Waals surface area contributed by atoms with Crippen molar-refractivity contribution >= 4 is 23.8 Å². The Morgan fingerprint density at radius 1 is 1.29 bits per heavy atom. The number of imide groups is 1. The summed E-state index contributed by atoms with van der Waals surface area (Å²) in [5.74, 6) is -1.65. The Hall–Kier alpha value is -2.97. The van der Waals surface area contributed by atoms with Gasteiger partial charge in [-0.2, -0.15) is 0 Å². The van der Waals surface area contributed by atoms with Gasteiger partial charge in [0.25, 0.3) is 11.8 Å². The van der Waals surface area contributed by atoms with Gasteiger partial charge >= 0.3 is 12.0 Å². The van der Waals surface area contributed by atoms with Crippen LogP contribution < -0.4 is 10.6 Å². The van der Waals surface area contributed by atoms with Crippen molar-refractivity contribution in [3.8, 4) is 0 Å². The Bertz CT molecular complexity index is 880. The molecule has 2 N–H and O–H groups in total. The Kier molecular flexibility index (Phi) is 6.92. The number of carbonyl (C=O) groups is 4. The third kappa shape index (κ3) is 5.21. The van der Waals surface area contributed by atoms with E-state index < -0.39 is 42.5 Å². The Balaban J connectivity index is 1.44. The van der Waals surface area contributed by atoms with Crippen LogP contribution in [0.3, 0.4) is 0 Å².